The molecule has 0 spiro atoms. The number of hydrogen-bond donors (Lipinski definition) is 2. The summed E-state index contributed by atoms with van der Waals surface area (Å²) >= 11 is 0. The first-order valence-corrected chi connectivity index (χ1v) is 7.82. The van der Waals surface area contributed by atoms with Crippen LogP contribution in [0.3, 0.4) is 0 Å². The Labute approximate surface area is 147 Å². The molecule has 0 fully saturated rings. The van der Waals surface area contributed by atoms with Crippen LogP contribution < -0.4 is 20.1 Å². The highest BCUT2D eigenvalue weighted by Crippen LogP contribution is 2.29. The lowest BCUT2D eigenvalue weighted by atomic mass is 10.1. The maximum atomic E-state index is 12.1. The fraction of sp³-hybridized carbons (Fsp3) is 0.263. The molecular weight excluding hydrogens is 320 g/mol. The Morgan fingerprint density at radius 2 is 1.52 bits per heavy atom. The van der Waals surface area contributed by atoms with E-state index < -0.39 is 5.91 Å². The van der Waals surface area contributed by atoms with Crippen LogP contribution in [0.15, 0.2) is 36.4 Å². The predicted molar refractivity (Wildman–Crippen MR) is 97.3 cm³/mol. The van der Waals surface area contributed by atoms with Gasteiger partial charge in [0.1, 0.15) is 17.9 Å². The lowest BCUT2D eigenvalue weighted by Crippen LogP contribution is -2.22. The van der Waals surface area contributed by atoms with Gasteiger partial charge in [-0.15, -0.1) is 0 Å². The molecule has 2 aromatic carbocycles. The van der Waals surface area contributed by atoms with Crippen molar-refractivity contribution in [2.45, 2.75) is 20.3 Å². The number of nitrogens with one attached hydrogen (secondary N) is 2. The first-order chi connectivity index (χ1) is 11.9. The van der Waals surface area contributed by atoms with Crippen LogP contribution in [0.1, 0.15) is 17.5 Å². The molecule has 2 N–H and O–H groups in total. The Morgan fingerprint density at radius 3 is 2.12 bits per heavy atom. The van der Waals surface area contributed by atoms with Gasteiger partial charge in [0.25, 0.3) is 0 Å². The van der Waals surface area contributed by atoms with Crippen molar-refractivity contribution in [3.8, 4) is 11.5 Å². The number of carbonyl (C=O) groups excluding carboxylic acids is 2. The Balaban J connectivity index is 1.99. The molecule has 6 heteroatoms. The molecule has 0 aliphatic heterocycles. The second-order valence-electron chi connectivity index (χ2n) is 5.66. The Kier molecular flexibility index (Phi) is 6.00. The van der Waals surface area contributed by atoms with Crippen molar-refractivity contribution < 1.29 is 19.1 Å². The van der Waals surface area contributed by atoms with E-state index in [4.69, 9.17) is 9.47 Å². The third kappa shape index (κ3) is 4.97. The monoisotopic (exact) mass is 342 g/mol. The molecule has 2 aromatic rings. The van der Waals surface area contributed by atoms with Gasteiger partial charge in [-0.05, 0) is 37.6 Å². The molecule has 0 saturated heterocycles. The smallest absolute Gasteiger partial charge is 0.233 e. The maximum absolute atomic E-state index is 12.1. The number of anilines is 2. The van der Waals surface area contributed by atoms with Crippen LogP contribution in [0.5, 0.6) is 11.5 Å². The first kappa shape index (κ1) is 18.3. The zero-order valence-electron chi connectivity index (χ0n) is 14.8. The quantitative estimate of drug-likeness (QED) is 0.790. The van der Waals surface area contributed by atoms with Gasteiger partial charge in [0.05, 0.1) is 19.9 Å². The Hall–Kier alpha value is -3.02. The van der Waals surface area contributed by atoms with Gasteiger partial charge in [-0.25, -0.2) is 0 Å². The summed E-state index contributed by atoms with van der Waals surface area (Å²) in [7, 11) is 3.04. The van der Waals surface area contributed by atoms with E-state index in [-0.39, 0.29) is 12.3 Å². The number of hydrogen-bond acceptors (Lipinski definition) is 4. The molecule has 0 aliphatic rings. The number of benzene rings is 2. The number of amides is 2. The molecule has 2 amide bonds. The lowest BCUT2D eigenvalue weighted by Gasteiger charge is -2.12. The summed E-state index contributed by atoms with van der Waals surface area (Å²) in [5.41, 5.74) is 3.24. The summed E-state index contributed by atoms with van der Waals surface area (Å²) in [4.78, 5) is 24.2. The van der Waals surface area contributed by atoms with E-state index >= 15 is 0 Å². The molecular formula is C19H22N2O4. The second-order valence-corrected chi connectivity index (χ2v) is 5.66. The van der Waals surface area contributed by atoms with Crippen LogP contribution in [-0.2, 0) is 9.59 Å². The molecule has 132 valence electrons. The van der Waals surface area contributed by atoms with E-state index in [1.165, 1.54) is 7.11 Å². The predicted octanol–water partition coefficient (Wildman–Crippen LogP) is 3.29. The molecule has 6 nitrogen and oxygen atoms in total. The van der Waals surface area contributed by atoms with E-state index in [2.05, 4.69) is 10.6 Å². The van der Waals surface area contributed by atoms with Crippen molar-refractivity contribution in [1.82, 2.24) is 0 Å². The largest absolute Gasteiger partial charge is 0.497 e. The van der Waals surface area contributed by atoms with Crippen LogP contribution in [0.2, 0.25) is 0 Å². The van der Waals surface area contributed by atoms with E-state index in [1.807, 2.05) is 32.0 Å². The number of rotatable bonds is 6. The summed E-state index contributed by atoms with van der Waals surface area (Å²) in [5.74, 6) is 0.271. The fourth-order valence-corrected chi connectivity index (χ4v) is 2.39. The van der Waals surface area contributed by atoms with E-state index in [0.29, 0.717) is 22.9 Å². The highest BCUT2D eigenvalue weighted by atomic mass is 16.5. The molecule has 0 aliphatic carbocycles. The minimum absolute atomic E-state index is 0.289. The van der Waals surface area contributed by atoms with Gasteiger partial charge in [0.15, 0.2) is 0 Å². The minimum Gasteiger partial charge on any atom is -0.497 e. The summed E-state index contributed by atoms with van der Waals surface area (Å²) in [6.45, 7) is 3.89. The van der Waals surface area contributed by atoms with Crippen LogP contribution >= 0.6 is 0 Å². The third-order valence-corrected chi connectivity index (χ3v) is 3.66. The molecule has 25 heavy (non-hydrogen) atoms. The van der Waals surface area contributed by atoms with Gasteiger partial charge in [-0.3, -0.25) is 9.59 Å². The normalized spacial score (nSPS) is 10.1. The highest BCUT2D eigenvalue weighted by molar-refractivity contribution is 6.08. The zero-order chi connectivity index (χ0) is 18.4. The molecule has 0 heterocycles. The van der Waals surface area contributed by atoms with Gasteiger partial charge in [-0.2, -0.15) is 0 Å². The maximum Gasteiger partial charge on any atom is 0.233 e. The van der Waals surface area contributed by atoms with Crippen LogP contribution in [-0.4, -0.2) is 26.0 Å². The van der Waals surface area contributed by atoms with E-state index in [1.54, 1.807) is 25.3 Å². The van der Waals surface area contributed by atoms with Gasteiger partial charge < -0.3 is 20.1 Å². The van der Waals surface area contributed by atoms with Crippen LogP contribution in [0.4, 0.5) is 11.4 Å². The summed E-state index contributed by atoms with van der Waals surface area (Å²) < 4.78 is 10.3. The van der Waals surface area contributed by atoms with Crippen molar-refractivity contribution in [3.05, 3.63) is 47.5 Å². The lowest BCUT2D eigenvalue weighted by molar-refractivity contribution is -0.123. The zero-order valence-corrected chi connectivity index (χ0v) is 14.8. The molecule has 0 saturated carbocycles. The summed E-state index contributed by atoms with van der Waals surface area (Å²) in [6.07, 6.45) is -0.289. The summed E-state index contributed by atoms with van der Waals surface area (Å²) in [5, 5.41) is 5.42. The van der Waals surface area contributed by atoms with Crippen molar-refractivity contribution in [2.75, 3.05) is 24.9 Å². The standard InChI is InChI=1S/C19H22N2O4/c1-12-5-7-15(13(2)9-12)20-18(22)11-19(23)21-16-8-6-14(24-3)10-17(16)25-4/h5-10H,11H2,1-4H3,(H,20,22)(H,21,23). The van der Waals surface area contributed by atoms with Gasteiger partial charge >= 0.3 is 0 Å². The number of aryl methyl sites for hydroxylation is 2. The Morgan fingerprint density at radius 1 is 0.880 bits per heavy atom. The highest BCUT2D eigenvalue weighted by Gasteiger charge is 2.13. The molecule has 2 rings (SSSR count). The molecule has 0 bridgehead atoms. The number of carbonyl (C=O) groups is 2. The van der Waals surface area contributed by atoms with Crippen molar-refractivity contribution in [1.29, 1.82) is 0 Å². The topological polar surface area (TPSA) is 76.7 Å². The molecule has 0 radical (unpaired) electrons. The molecule has 0 atom stereocenters. The number of methoxy groups -OCH3 is 2. The second kappa shape index (κ2) is 8.19. The SMILES string of the molecule is COc1ccc(NC(=O)CC(=O)Nc2ccc(C)cc2C)c(OC)c1. The number of ether oxygens (including phenoxy) is 2. The van der Waals surface area contributed by atoms with Crippen molar-refractivity contribution in [2.24, 2.45) is 0 Å². The average Bonchev–Trinajstić information content (AvgIpc) is 2.57. The van der Waals surface area contributed by atoms with Crippen molar-refractivity contribution >= 4 is 23.2 Å². The van der Waals surface area contributed by atoms with Crippen molar-refractivity contribution in [3.63, 3.8) is 0 Å². The molecule has 0 unspecified atom stereocenters. The van der Waals surface area contributed by atoms with Gasteiger partial charge in [-0.1, -0.05) is 17.7 Å². The van der Waals surface area contributed by atoms with Crippen LogP contribution in [0.25, 0.3) is 0 Å². The average molecular weight is 342 g/mol. The first-order valence-electron chi connectivity index (χ1n) is 7.82. The van der Waals surface area contributed by atoms with E-state index in [0.717, 1.165) is 11.1 Å². The Bertz CT molecular complexity index is 787. The van der Waals surface area contributed by atoms with Gasteiger partial charge in [0, 0.05) is 11.8 Å². The van der Waals surface area contributed by atoms with Gasteiger partial charge in [0.2, 0.25) is 11.8 Å². The third-order valence-electron chi connectivity index (χ3n) is 3.66. The van der Waals surface area contributed by atoms with Crippen LogP contribution in [0, 0.1) is 13.8 Å². The minimum atomic E-state index is -0.425. The van der Waals surface area contributed by atoms with E-state index in [9.17, 15) is 9.59 Å². The fourth-order valence-electron chi connectivity index (χ4n) is 2.39. The molecule has 0 aromatic heterocycles. The summed E-state index contributed by atoms with van der Waals surface area (Å²) in [6, 6.07) is 10.7.